The summed E-state index contributed by atoms with van der Waals surface area (Å²) >= 11 is 0. The van der Waals surface area contributed by atoms with Crippen molar-refractivity contribution in [3.05, 3.63) is 28.0 Å². The maximum absolute atomic E-state index is 12.5. The molecule has 0 aliphatic heterocycles. The smallest absolute Gasteiger partial charge is 0.262 e. The molecule has 1 amide bonds. The van der Waals surface area contributed by atoms with Gasteiger partial charge in [0.1, 0.15) is 11.1 Å². The van der Waals surface area contributed by atoms with E-state index in [1.807, 2.05) is 0 Å². The molecule has 2 rings (SSSR count). The van der Waals surface area contributed by atoms with Crippen molar-refractivity contribution in [2.75, 3.05) is 0 Å². The van der Waals surface area contributed by atoms with E-state index in [2.05, 4.69) is 15.3 Å². The summed E-state index contributed by atoms with van der Waals surface area (Å²) in [5.41, 5.74) is -2.22. The predicted molar refractivity (Wildman–Crippen MR) is 77.2 cm³/mol. The van der Waals surface area contributed by atoms with Gasteiger partial charge in [0, 0.05) is 0 Å². The zero-order valence-corrected chi connectivity index (χ0v) is 12.7. The second-order valence-electron chi connectivity index (χ2n) is 6.08. The Kier molecular flexibility index (Phi) is 3.41. The summed E-state index contributed by atoms with van der Waals surface area (Å²) in [5, 5.41) is 13.0. The monoisotopic (exact) mass is 293 g/mol. The van der Waals surface area contributed by atoms with Gasteiger partial charge in [-0.1, -0.05) is 0 Å². The lowest BCUT2D eigenvalue weighted by atomic mass is 9.85. The van der Waals surface area contributed by atoms with Gasteiger partial charge in [0.2, 0.25) is 5.71 Å². The quantitative estimate of drug-likeness (QED) is 0.785. The number of carbonyl (C=O) groups is 1. The Labute approximate surface area is 121 Å². The van der Waals surface area contributed by atoms with E-state index in [9.17, 15) is 14.7 Å². The zero-order valence-electron chi connectivity index (χ0n) is 12.7. The highest BCUT2D eigenvalue weighted by molar-refractivity contribution is 6.06. The fraction of sp³-hybridized carbons (Fsp3) is 0.500. The van der Waals surface area contributed by atoms with E-state index in [1.165, 1.54) is 6.33 Å². The minimum Gasteiger partial charge on any atom is -0.442 e. The first kappa shape index (κ1) is 15.2. The van der Waals surface area contributed by atoms with E-state index in [4.69, 9.17) is 4.42 Å². The van der Waals surface area contributed by atoms with Gasteiger partial charge in [-0.25, -0.2) is 4.98 Å². The Morgan fingerprint density at radius 1 is 1.38 bits per heavy atom. The molecular weight excluding hydrogens is 274 g/mol. The summed E-state index contributed by atoms with van der Waals surface area (Å²) in [6, 6.07) is 0. The molecule has 0 spiro atoms. The van der Waals surface area contributed by atoms with Gasteiger partial charge in [-0.3, -0.25) is 9.59 Å². The lowest BCUT2D eigenvalue weighted by Crippen LogP contribution is -2.57. The molecular formula is C14H19N3O4. The Morgan fingerprint density at radius 2 is 2.00 bits per heavy atom. The molecule has 0 aromatic carbocycles. The van der Waals surface area contributed by atoms with Crippen LogP contribution in [0.2, 0.25) is 0 Å². The van der Waals surface area contributed by atoms with Crippen LogP contribution < -0.4 is 10.9 Å². The molecule has 114 valence electrons. The average molecular weight is 293 g/mol. The van der Waals surface area contributed by atoms with Crippen molar-refractivity contribution in [2.45, 2.75) is 45.8 Å². The second kappa shape index (κ2) is 4.70. The van der Waals surface area contributed by atoms with E-state index in [1.54, 1.807) is 34.6 Å². The van der Waals surface area contributed by atoms with E-state index in [-0.39, 0.29) is 16.7 Å². The van der Waals surface area contributed by atoms with Crippen molar-refractivity contribution in [1.82, 2.24) is 15.3 Å². The number of hydrogen-bond acceptors (Lipinski definition) is 5. The maximum atomic E-state index is 12.5. The van der Waals surface area contributed by atoms with E-state index in [0.717, 1.165) is 0 Å². The molecule has 0 atom stereocenters. The summed E-state index contributed by atoms with van der Waals surface area (Å²) in [7, 11) is 0. The molecule has 0 fully saturated rings. The minimum absolute atomic E-state index is 0.110. The number of amides is 1. The SMILES string of the molecule is Cc1oc2nc[nH]c(=O)c2c1C(=O)NC(C)(C)C(C)(C)O. The molecule has 0 radical (unpaired) electrons. The molecule has 3 N–H and O–H groups in total. The van der Waals surface area contributed by atoms with Crippen LogP contribution >= 0.6 is 0 Å². The van der Waals surface area contributed by atoms with Gasteiger partial charge in [-0.15, -0.1) is 0 Å². The van der Waals surface area contributed by atoms with Crippen LogP contribution in [0.3, 0.4) is 0 Å². The molecule has 0 aliphatic carbocycles. The Balaban J connectivity index is 2.51. The summed E-state index contributed by atoms with van der Waals surface area (Å²) in [5.74, 6) is -0.185. The Morgan fingerprint density at radius 3 is 2.57 bits per heavy atom. The normalized spacial score (nSPS) is 12.7. The highest BCUT2D eigenvalue weighted by Gasteiger charge is 2.37. The number of aryl methyl sites for hydroxylation is 1. The topological polar surface area (TPSA) is 108 Å². The van der Waals surface area contributed by atoms with Crippen LogP contribution in [-0.2, 0) is 0 Å². The van der Waals surface area contributed by atoms with Crippen LogP contribution in [0.25, 0.3) is 11.1 Å². The van der Waals surface area contributed by atoms with Gasteiger partial charge >= 0.3 is 0 Å². The van der Waals surface area contributed by atoms with Crippen molar-refractivity contribution in [2.24, 2.45) is 0 Å². The van der Waals surface area contributed by atoms with Gasteiger partial charge in [0.25, 0.3) is 11.5 Å². The Bertz CT molecular complexity index is 750. The summed E-state index contributed by atoms with van der Waals surface area (Å²) < 4.78 is 5.35. The van der Waals surface area contributed by atoms with Crippen molar-refractivity contribution in [3.63, 3.8) is 0 Å². The van der Waals surface area contributed by atoms with Gasteiger partial charge in [0.15, 0.2) is 0 Å². The number of furan rings is 1. The fourth-order valence-electron chi connectivity index (χ4n) is 1.83. The van der Waals surface area contributed by atoms with Crippen molar-refractivity contribution in [1.29, 1.82) is 0 Å². The Hall–Kier alpha value is -2.15. The van der Waals surface area contributed by atoms with Crippen LogP contribution in [0.15, 0.2) is 15.5 Å². The highest BCUT2D eigenvalue weighted by Crippen LogP contribution is 2.24. The van der Waals surface area contributed by atoms with Crippen molar-refractivity contribution in [3.8, 4) is 0 Å². The molecule has 2 aromatic heterocycles. The number of aromatic nitrogens is 2. The summed E-state index contributed by atoms with van der Waals surface area (Å²) in [6.45, 7) is 8.19. The maximum Gasteiger partial charge on any atom is 0.262 e. The largest absolute Gasteiger partial charge is 0.442 e. The molecule has 21 heavy (non-hydrogen) atoms. The van der Waals surface area contributed by atoms with Gasteiger partial charge in [-0.05, 0) is 34.6 Å². The molecule has 0 aliphatic rings. The number of nitrogens with zero attached hydrogens (tertiary/aromatic N) is 1. The molecule has 7 heteroatoms. The van der Waals surface area contributed by atoms with E-state index in [0.29, 0.717) is 5.76 Å². The predicted octanol–water partition coefficient (Wildman–Crippen LogP) is 1.10. The van der Waals surface area contributed by atoms with Crippen molar-refractivity contribution < 1.29 is 14.3 Å². The van der Waals surface area contributed by atoms with Crippen molar-refractivity contribution >= 4 is 17.0 Å². The molecule has 2 aromatic rings. The van der Waals surface area contributed by atoms with Crippen LogP contribution in [0, 0.1) is 6.92 Å². The number of H-pyrrole nitrogens is 1. The van der Waals surface area contributed by atoms with Crippen LogP contribution in [0.5, 0.6) is 0 Å². The lowest BCUT2D eigenvalue weighted by Gasteiger charge is -2.37. The number of nitrogens with one attached hydrogen (secondary N) is 2. The number of fused-ring (bicyclic) bond motifs is 1. The molecule has 7 nitrogen and oxygen atoms in total. The van der Waals surface area contributed by atoms with Gasteiger partial charge in [0.05, 0.1) is 23.0 Å². The van der Waals surface area contributed by atoms with Gasteiger partial charge in [-0.2, -0.15) is 0 Å². The second-order valence-corrected chi connectivity index (χ2v) is 6.08. The van der Waals surface area contributed by atoms with Crippen LogP contribution in [0.4, 0.5) is 0 Å². The first-order valence-corrected chi connectivity index (χ1v) is 6.56. The number of carbonyl (C=O) groups excluding carboxylic acids is 1. The zero-order chi connectivity index (χ0) is 16.0. The number of aromatic amines is 1. The summed E-state index contributed by atoms with van der Waals surface area (Å²) in [6.07, 6.45) is 1.22. The minimum atomic E-state index is -1.14. The molecule has 0 saturated carbocycles. The average Bonchev–Trinajstić information content (AvgIpc) is 2.64. The number of hydrogen-bond donors (Lipinski definition) is 3. The third-order valence-corrected chi connectivity index (χ3v) is 3.85. The summed E-state index contributed by atoms with van der Waals surface area (Å²) in [4.78, 5) is 30.7. The number of aliphatic hydroxyl groups is 1. The lowest BCUT2D eigenvalue weighted by molar-refractivity contribution is -0.00293. The molecule has 0 bridgehead atoms. The fourth-order valence-corrected chi connectivity index (χ4v) is 1.83. The van der Waals surface area contributed by atoms with Crippen LogP contribution in [0.1, 0.15) is 43.8 Å². The first-order chi connectivity index (χ1) is 9.54. The first-order valence-electron chi connectivity index (χ1n) is 6.56. The molecule has 2 heterocycles. The third-order valence-electron chi connectivity index (χ3n) is 3.85. The third kappa shape index (κ3) is 2.56. The molecule has 0 saturated heterocycles. The highest BCUT2D eigenvalue weighted by atomic mass is 16.3. The molecule has 0 unspecified atom stereocenters. The van der Waals surface area contributed by atoms with E-state index >= 15 is 0 Å². The van der Waals surface area contributed by atoms with E-state index < -0.39 is 22.6 Å². The van der Waals surface area contributed by atoms with Gasteiger partial charge < -0.3 is 19.8 Å². The number of rotatable bonds is 3. The standard InChI is InChI=1S/C14H19N3O4/c1-7-8(9-10(18)15-6-16-12(9)21-7)11(19)17-13(2,3)14(4,5)20/h6,20H,1-5H3,(H,17,19)(H,15,16,18). The van der Waals surface area contributed by atoms with Crippen LogP contribution in [-0.4, -0.2) is 32.1 Å².